The molecular formula is C18H19F3N2O4S. The van der Waals surface area contributed by atoms with Crippen LogP contribution in [0.4, 0.5) is 18.9 Å². The first-order valence-electron chi connectivity index (χ1n) is 8.06. The molecule has 2 aromatic rings. The molecule has 0 unspecified atom stereocenters. The maximum absolute atomic E-state index is 12.8. The molecule has 0 saturated carbocycles. The fourth-order valence-electron chi connectivity index (χ4n) is 2.46. The van der Waals surface area contributed by atoms with E-state index < -0.39 is 34.2 Å². The number of hydrogen-bond donors (Lipinski definition) is 1. The van der Waals surface area contributed by atoms with Gasteiger partial charge in [0, 0.05) is 6.54 Å². The first kappa shape index (κ1) is 21.5. The van der Waals surface area contributed by atoms with Gasteiger partial charge in [0.05, 0.1) is 24.6 Å². The topological polar surface area (TPSA) is 75.7 Å². The lowest BCUT2D eigenvalue weighted by molar-refractivity contribution is -0.137. The lowest BCUT2D eigenvalue weighted by Gasteiger charge is -2.23. The van der Waals surface area contributed by atoms with E-state index in [0.717, 1.165) is 22.7 Å². The van der Waals surface area contributed by atoms with Gasteiger partial charge >= 0.3 is 6.18 Å². The van der Waals surface area contributed by atoms with E-state index in [-0.39, 0.29) is 23.5 Å². The minimum absolute atomic E-state index is 0.174. The Labute approximate surface area is 161 Å². The van der Waals surface area contributed by atoms with Crippen molar-refractivity contribution in [1.82, 2.24) is 5.32 Å². The summed E-state index contributed by atoms with van der Waals surface area (Å²) in [5.74, 6) is -0.410. The third kappa shape index (κ3) is 5.62. The quantitative estimate of drug-likeness (QED) is 0.753. The zero-order valence-electron chi connectivity index (χ0n) is 15.2. The number of hydrogen-bond acceptors (Lipinski definition) is 4. The average Bonchev–Trinajstić information content (AvgIpc) is 2.63. The molecule has 28 heavy (non-hydrogen) atoms. The molecule has 0 atom stereocenters. The molecule has 0 heterocycles. The summed E-state index contributed by atoms with van der Waals surface area (Å²) < 4.78 is 68.5. The van der Waals surface area contributed by atoms with Crippen LogP contribution in [0.5, 0.6) is 5.75 Å². The SMILES string of the molecule is COc1ccccc1N(CC(=O)NCc1cccc(C(F)(F)F)c1)S(C)(=O)=O. The lowest BCUT2D eigenvalue weighted by Crippen LogP contribution is -2.40. The fraction of sp³-hybridized carbons (Fsp3) is 0.278. The average molecular weight is 416 g/mol. The number of anilines is 1. The smallest absolute Gasteiger partial charge is 0.416 e. The third-order valence-electron chi connectivity index (χ3n) is 3.79. The monoisotopic (exact) mass is 416 g/mol. The molecule has 0 fully saturated rings. The van der Waals surface area contributed by atoms with E-state index in [4.69, 9.17) is 4.74 Å². The summed E-state index contributed by atoms with van der Waals surface area (Å²) in [6.07, 6.45) is -3.55. The summed E-state index contributed by atoms with van der Waals surface area (Å²) >= 11 is 0. The van der Waals surface area contributed by atoms with Gasteiger partial charge in [-0.2, -0.15) is 13.2 Å². The molecule has 2 rings (SSSR count). The number of ether oxygens (including phenoxy) is 1. The minimum Gasteiger partial charge on any atom is -0.495 e. The Morgan fingerprint density at radius 3 is 2.43 bits per heavy atom. The van der Waals surface area contributed by atoms with Crippen molar-refractivity contribution in [2.75, 3.05) is 24.2 Å². The van der Waals surface area contributed by atoms with Gasteiger partial charge in [0.15, 0.2) is 0 Å². The van der Waals surface area contributed by atoms with Crippen LogP contribution in [0.25, 0.3) is 0 Å². The number of para-hydroxylation sites is 2. The third-order valence-corrected chi connectivity index (χ3v) is 4.91. The molecule has 6 nitrogen and oxygen atoms in total. The highest BCUT2D eigenvalue weighted by Gasteiger charge is 2.30. The van der Waals surface area contributed by atoms with Crippen LogP contribution in [0.15, 0.2) is 48.5 Å². The van der Waals surface area contributed by atoms with E-state index in [1.807, 2.05) is 0 Å². The van der Waals surface area contributed by atoms with Crippen LogP contribution < -0.4 is 14.4 Å². The molecule has 0 saturated heterocycles. The highest BCUT2D eigenvalue weighted by molar-refractivity contribution is 7.92. The van der Waals surface area contributed by atoms with E-state index in [1.165, 1.54) is 25.3 Å². The Bertz CT molecular complexity index is 946. The number of nitrogens with one attached hydrogen (secondary N) is 1. The summed E-state index contributed by atoms with van der Waals surface area (Å²) in [4.78, 5) is 12.2. The van der Waals surface area contributed by atoms with Crippen LogP contribution in [0.2, 0.25) is 0 Å². The van der Waals surface area contributed by atoms with E-state index >= 15 is 0 Å². The number of sulfonamides is 1. The van der Waals surface area contributed by atoms with Gasteiger partial charge in [-0.3, -0.25) is 9.10 Å². The number of halogens is 3. The lowest BCUT2D eigenvalue weighted by atomic mass is 10.1. The summed E-state index contributed by atoms with van der Waals surface area (Å²) in [5, 5.41) is 2.43. The molecule has 0 aliphatic rings. The molecule has 0 bridgehead atoms. The second kappa shape index (κ2) is 8.51. The number of amides is 1. The highest BCUT2D eigenvalue weighted by Crippen LogP contribution is 2.30. The van der Waals surface area contributed by atoms with Crippen LogP contribution in [0.1, 0.15) is 11.1 Å². The first-order valence-corrected chi connectivity index (χ1v) is 9.91. The molecule has 2 aromatic carbocycles. The van der Waals surface area contributed by atoms with Crippen LogP contribution in [-0.4, -0.2) is 34.2 Å². The van der Waals surface area contributed by atoms with E-state index in [1.54, 1.807) is 18.2 Å². The van der Waals surface area contributed by atoms with E-state index in [0.29, 0.717) is 0 Å². The van der Waals surface area contributed by atoms with Crippen molar-refractivity contribution in [2.24, 2.45) is 0 Å². The van der Waals surface area contributed by atoms with Crippen molar-refractivity contribution in [2.45, 2.75) is 12.7 Å². The van der Waals surface area contributed by atoms with Gasteiger partial charge in [-0.15, -0.1) is 0 Å². The summed E-state index contributed by atoms with van der Waals surface area (Å²) in [5.41, 5.74) is -0.404. The van der Waals surface area contributed by atoms with Gasteiger partial charge in [-0.05, 0) is 29.8 Å². The van der Waals surface area contributed by atoms with Gasteiger partial charge in [0.2, 0.25) is 15.9 Å². The summed E-state index contributed by atoms with van der Waals surface area (Å²) in [6, 6.07) is 10.8. The predicted octanol–water partition coefficient (Wildman–Crippen LogP) is 2.80. The minimum atomic E-state index is -4.49. The molecule has 10 heteroatoms. The van der Waals surface area contributed by atoms with Gasteiger partial charge in [-0.1, -0.05) is 24.3 Å². The second-order valence-corrected chi connectivity index (χ2v) is 7.82. The zero-order valence-corrected chi connectivity index (χ0v) is 16.0. The molecule has 152 valence electrons. The normalized spacial score (nSPS) is 11.8. The van der Waals surface area contributed by atoms with Crippen LogP contribution >= 0.6 is 0 Å². The van der Waals surface area contributed by atoms with Gasteiger partial charge in [0.1, 0.15) is 12.3 Å². The molecule has 0 aromatic heterocycles. The molecular weight excluding hydrogens is 397 g/mol. The van der Waals surface area contributed by atoms with Crippen LogP contribution in [0, 0.1) is 0 Å². The number of benzene rings is 2. The van der Waals surface area contributed by atoms with Crippen LogP contribution in [0.3, 0.4) is 0 Å². The van der Waals surface area contributed by atoms with Gasteiger partial charge in [0.25, 0.3) is 0 Å². The van der Waals surface area contributed by atoms with Crippen molar-refractivity contribution in [3.63, 3.8) is 0 Å². The van der Waals surface area contributed by atoms with Crippen LogP contribution in [-0.2, 0) is 27.5 Å². The molecule has 0 spiro atoms. The molecule has 0 aliphatic heterocycles. The van der Waals surface area contributed by atoms with Crippen molar-refractivity contribution in [1.29, 1.82) is 0 Å². The number of carbonyl (C=O) groups excluding carboxylic acids is 1. The zero-order chi connectivity index (χ0) is 20.9. The Kier molecular flexibility index (Phi) is 6.55. The van der Waals surface area contributed by atoms with Crippen molar-refractivity contribution in [3.8, 4) is 5.75 Å². The highest BCUT2D eigenvalue weighted by atomic mass is 32.2. The number of nitrogens with zero attached hydrogens (tertiary/aromatic N) is 1. The maximum Gasteiger partial charge on any atom is 0.416 e. The van der Waals surface area contributed by atoms with Gasteiger partial charge < -0.3 is 10.1 Å². The fourth-order valence-corrected chi connectivity index (χ4v) is 3.32. The van der Waals surface area contributed by atoms with Crippen molar-refractivity contribution >= 4 is 21.6 Å². The summed E-state index contributed by atoms with van der Waals surface area (Å²) in [7, 11) is -2.44. The Morgan fingerprint density at radius 2 is 1.82 bits per heavy atom. The molecule has 0 radical (unpaired) electrons. The summed E-state index contributed by atoms with van der Waals surface area (Å²) in [6.45, 7) is -0.718. The van der Waals surface area contributed by atoms with E-state index in [2.05, 4.69) is 5.32 Å². The predicted molar refractivity (Wildman–Crippen MR) is 98.5 cm³/mol. The number of alkyl halides is 3. The van der Waals surface area contributed by atoms with Crippen molar-refractivity contribution in [3.05, 3.63) is 59.7 Å². The number of methoxy groups -OCH3 is 1. The maximum atomic E-state index is 12.8. The van der Waals surface area contributed by atoms with E-state index in [9.17, 15) is 26.4 Å². The Balaban J connectivity index is 2.13. The standard InChI is InChI=1S/C18H19F3N2O4S/c1-27-16-9-4-3-8-15(16)23(28(2,25)26)12-17(24)22-11-13-6-5-7-14(10-13)18(19,20)21/h3-10H,11-12H2,1-2H3,(H,22,24). The number of carbonyl (C=O) groups is 1. The molecule has 1 amide bonds. The number of rotatable bonds is 7. The molecule has 1 N–H and O–H groups in total. The van der Waals surface area contributed by atoms with Crippen molar-refractivity contribution < 1.29 is 31.1 Å². The Hall–Kier alpha value is -2.75. The largest absolute Gasteiger partial charge is 0.495 e. The van der Waals surface area contributed by atoms with Gasteiger partial charge in [-0.25, -0.2) is 8.42 Å². The molecule has 0 aliphatic carbocycles. The first-order chi connectivity index (χ1) is 13.0. The second-order valence-electron chi connectivity index (χ2n) is 5.92. The Morgan fingerprint density at radius 1 is 1.14 bits per heavy atom.